The molecule has 0 aliphatic heterocycles. The summed E-state index contributed by atoms with van der Waals surface area (Å²) in [6.45, 7) is 2.05. The largest absolute Gasteiger partial charge is 0.292 e. The van der Waals surface area contributed by atoms with Crippen molar-refractivity contribution < 1.29 is 0 Å². The van der Waals surface area contributed by atoms with Crippen LogP contribution in [-0.4, -0.2) is 9.97 Å². The molecular weight excluding hydrogens is 188 g/mol. The fourth-order valence-corrected chi connectivity index (χ4v) is 1.44. The van der Waals surface area contributed by atoms with E-state index in [2.05, 4.69) is 15.4 Å². The fourth-order valence-electron chi connectivity index (χ4n) is 1.44. The molecule has 0 saturated carbocycles. The molecule has 0 atom stereocenters. The van der Waals surface area contributed by atoms with Crippen molar-refractivity contribution in [2.75, 3.05) is 5.43 Å². The second-order valence-corrected chi connectivity index (χ2v) is 3.22. The van der Waals surface area contributed by atoms with Crippen LogP contribution in [-0.2, 0) is 0 Å². The molecule has 0 spiro atoms. The third-order valence-corrected chi connectivity index (χ3v) is 2.21. The Morgan fingerprint density at radius 3 is 2.73 bits per heavy atom. The van der Waals surface area contributed by atoms with Gasteiger partial charge in [0.25, 0.3) is 0 Å². The molecule has 0 amide bonds. The molecule has 3 N–H and O–H groups in total. The smallest absolute Gasteiger partial charge is 0.237 e. The minimum Gasteiger partial charge on any atom is -0.292 e. The Morgan fingerprint density at radius 1 is 1.20 bits per heavy atom. The molecule has 0 fully saturated rings. The van der Waals surface area contributed by atoms with Crippen LogP contribution in [0.3, 0.4) is 0 Å². The molecule has 0 saturated heterocycles. The Morgan fingerprint density at radius 2 is 2.00 bits per heavy atom. The third kappa shape index (κ3) is 1.94. The number of nitrogens with one attached hydrogen (secondary N) is 1. The van der Waals surface area contributed by atoms with Crippen molar-refractivity contribution in [2.45, 2.75) is 6.92 Å². The predicted molar refractivity (Wildman–Crippen MR) is 60.0 cm³/mol. The average Bonchev–Trinajstić information content (AvgIpc) is 2.30. The molecule has 2 aromatic rings. The highest BCUT2D eigenvalue weighted by molar-refractivity contribution is 5.63. The van der Waals surface area contributed by atoms with Gasteiger partial charge in [0.15, 0.2) is 0 Å². The van der Waals surface area contributed by atoms with E-state index < -0.39 is 0 Å². The lowest BCUT2D eigenvalue weighted by Crippen LogP contribution is -2.10. The van der Waals surface area contributed by atoms with E-state index in [-0.39, 0.29) is 0 Å². The molecule has 0 aliphatic carbocycles. The van der Waals surface area contributed by atoms with Crippen molar-refractivity contribution in [2.24, 2.45) is 5.84 Å². The molecule has 0 aliphatic rings. The monoisotopic (exact) mass is 200 g/mol. The number of hydrazine groups is 1. The minimum absolute atomic E-state index is 0.427. The van der Waals surface area contributed by atoms with Gasteiger partial charge in [0, 0.05) is 11.8 Å². The Labute approximate surface area is 88.2 Å². The number of anilines is 1. The number of aryl methyl sites for hydroxylation is 1. The van der Waals surface area contributed by atoms with Crippen LogP contribution in [0.4, 0.5) is 5.95 Å². The number of benzene rings is 1. The lowest BCUT2D eigenvalue weighted by molar-refractivity contribution is 1.12. The quantitative estimate of drug-likeness (QED) is 0.572. The van der Waals surface area contributed by atoms with Gasteiger partial charge in [-0.1, -0.05) is 24.3 Å². The van der Waals surface area contributed by atoms with Crippen LogP contribution in [0.5, 0.6) is 0 Å². The topological polar surface area (TPSA) is 63.8 Å². The Bertz CT molecular complexity index is 468. The minimum atomic E-state index is 0.427. The van der Waals surface area contributed by atoms with Crippen LogP contribution in [0.1, 0.15) is 5.56 Å². The van der Waals surface area contributed by atoms with Crippen molar-refractivity contribution in [3.63, 3.8) is 0 Å². The summed E-state index contributed by atoms with van der Waals surface area (Å²) < 4.78 is 0. The molecule has 0 radical (unpaired) electrons. The van der Waals surface area contributed by atoms with Crippen LogP contribution in [0.2, 0.25) is 0 Å². The zero-order valence-electron chi connectivity index (χ0n) is 8.44. The summed E-state index contributed by atoms with van der Waals surface area (Å²) in [4.78, 5) is 8.24. The molecule has 0 bridgehead atoms. The number of aromatic nitrogens is 2. The first-order valence-corrected chi connectivity index (χ1v) is 4.67. The van der Waals surface area contributed by atoms with Gasteiger partial charge in [-0.2, -0.15) is 0 Å². The van der Waals surface area contributed by atoms with E-state index in [0.717, 1.165) is 11.3 Å². The van der Waals surface area contributed by atoms with Crippen molar-refractivity contribution in [1.29, 1.82) is 0 Å². The molecule has 0 unspecified atom stereocenters. The van der Waals surface area contributed by atoms with Crippen molar-refractivity contribution >= 4 is 5.95 Å². The van der Waals surface area contributed by atoms with Crippen LogP contribution in [0.15, 0.2) is 36.5 Å². The first-order chi connectivity index (χ1) is 7.31. The maximum atomic E-state index is 5.26. The van der Waals surface area contributed by atoms with Gasteiger partial charge in [0.05, 0.1) is 5.69 Å². The van der Waals surface area contributed by atoms with Gasteiger partial charge < -0.3 is 0 Å². The van der Waals surface area contributed by atoms with E-state index in [1.54, 1.807) is 6.20 Å². The van der Waals surface area contributed by atoms with Crippen molar-refractivity contribution in [3.05, 3.63) is 42.1 Å². The molecular formula is C11H12N4. The lowest BCUT2D eigenvalue weighted by Gasteiger charge is -2.05. The highest BCUT2D eigenvalue weighted by Crippen LogP contribution is 2.20. The number of hydrogen-bond acceptors (Lipinski definition) is 4. The maximum absolute atomic E-state index is 5.26. The van der Waals surface area contributed by atoms with Gasteiger partial charge in [0.1, 0.15) is 0 Å². The van der Waals surface area contributed by atoms with E-state index in [0.29, 0.717) is 5.95 Å². The summed E-state index contributed by atoms with van der Waals surface area (Å²) in [6.07, 6.45) is 1.68. The number of nitrogens with zero attached hydrogens (tertiary/aromatic N) is 2. The highest BCUT2D eigenvalue weighted by Gasteiger charge is 2.03. The SMILES string of the molecule is Cc1ccccc1-c1ccnc(NN)n1. The molecule has 4 nitrogen and oxygen atoms in total. The summed E-state index contributed by atoms with van der Waals surface area (Å²) in [7, 11) is 0. The third-order valence-electron chi connectivity index (χ3n) is 2.21. The fraction of sp³-hybridized carbons (Fsp3) is 0.0909. The summed E-state index contributed by atoms with van der Waals surface area (Å²) in [5.74, 6) is 5.69. The highest BCUT2D eigenvalue weighted by atomic mass is 15.3. The molecule has 76 valence electrons. The van der Waals surface area contributed by atoms with Crippen LogP contribution >= 0.6 is 0 Å². The van der Waals surface area contributed by atoms with Gasteiger partial charge in [-0.3, -0.25) is 5.43 Å². The van der Waals surface area contributed by atoms with E-state index in [4.69, 9.17) is 5.84 Å². The summed E-state index contributed by atoms with van der Waals surface area (Å²) in [5.41, 5.74) is 5.58. The van der Waals surface area contributed by atoms with E-state index >= 15 is 0 Å². The van der Waals surface area contributed by atoms with Crippen LogP contribution < -0.4 is 11.3 Å². The summed E-state index contributed by atoms with van der Waals surface area (Å²) in [6, 6.07) is 9.93. The van der Waals surface area contributed by atoms with Gasteiger partial charge in [-0.05, 0) is 18.6 Å². The zero-order chi connectivity index (χ0) is 10.7. The molecule has 1 aromatic heterocycles. The lowest BCUT2D eigenvalue weighted by atomic mass is 10.1. The standard InChI is InChI=1S/C11H12N4/c1-8-4-2-3-5-9(8)10-6-7-13-11(14-10)15-12/h2-7H,12H2,1H3,(H,13,14,15). The predicted octanol–water partition coefficient (Wildman–Crippen LogP) is 1.74. The van der Waals surface area contributed by atoms with Gasteiger partial charge in [0.2, 0.25) is 5.95 Å². The number of rotatable bonds is 2. The average molecular weight is 200 g/mol. The number of nitrogens with two attached hydrogens (primary N) is 1. The molecule has 15 heavy (non-hydrogen) atoms. The normalized spacial score (nSPS) is 10.0. The summed E-state index contributed by atoms with van der Waals surface area (Å²) in [5, 5.41) is 0. The Kier molecular flexibility index (Phi) is 2.60. The van der Waals surface area contributed by atoms with Crippen LogP contribution in [0, 0.1) is 6.92 Å². The zero-order valence-corrected chi connectivity index (χ0v) is 8.44. The van der Waals surface area contributed by atoms with E-state index in [1.165, 1.54) is 5.56 Å². The van der Waals surface area contributed by atoms with Crippen molar-refractivity contribution in [3.8, 4) is 11.3 Å². The second-order valence-electron chi connectivity index (χ2n) is 3.22. The van der Waals surface area contributed by atoms with E-state index in [9.17, 15) is 0 Å². The molecule has 4 heteroatoms. The van der Waals surface area contributed by atoms with Crippen molar-refractivity contribution in [1.82, 2.24) is 9.97 Å². The Hall–Kier alpha value is -1.94. The molecule has 1 heterocycles. The Balaban J connectivity index is 2.49. The number of hydrogen-bond donors (Lipinski definition) is 2. The molecule has 1 aromatic carbocycles. The molecule has 2 rings (SSSR count). The van der Waals surface area contributed by atoms with Crippen LogP contribution in [0.25, 0.3) is 11.3 Å². The first kappa shape index (κ1) is 9.61. The summed E-state index contributed by atoms with van der Waals surface area (Å²) >= 11 is 0. The second kappa shape index (κ2) is 4.06. The maximum Gasteiger partial charge on any atom is 0.237 e. The van der Waals surface area contributed by atoms with E-state index in [1.807, 2.05) is 37.3 Å². The van der Waals surface area contributed by atoms with Gasteiger partial charge >= 0.3 is 0 Å². The first-order valence-electron chi connectivity index (χ1n) is 4.67. The number of nitrogen functional groups attached to an aromatic ring is 1. The van der Waals surface area contributed by atoms with Gasteiger partial charge in [-0.25, -0.2) is 15.8 Å². The van der Waals surface area contributed by atoms with Gasteiger partial charge in [-0.15, -0.1) is 0 Å².